The standard InChI is InChI=1S/C23H28ClNO3/c1-22(2,3)28-21(26)25-15-13-23(27-4,14-16-25)19-11-7-5-9-17(19)18-10-6-8-12-20(18)24/h5-12H,13-16H2,1-4H3. The molecule has 1 aliphatic rings. The van der Waals surface area contributed by atoms with E-state index in [-0.39, 0.29) is 6.09 Å². The fourth-order valence-corrected chi connectivity index (χ4v) is 3.99. The highest BCUT2D eigenvalue weighted by molar-refractivity contribution is 6.33. The number of carbonyl (C=O) groups is 1. The van der Waals surface area contributed by atoms with E-state index in [1.807, 2.05) is 57.2 Å². The highest BCUT2D eigenvalue weighted by Crippen LogP contribution is 2.42. The van der Waals surface area contributed by atoms with E-state index < -0.39 is 11.2 Å². The van der Waals surface area contributed by atoms with Crippen LogP contribution < -0.4 is 0 Å². The summed E-state index contributed by atoms with van der Waals surface area (Å²) in [5.74, 6) is 0. The van der Waals surface area contributed by atoms with Crippen molar-refractivity contribution in [1.82, 2.24) is 4.90 Å². The van der Waals surface area contributed by atoms with Gasteiger partial charge in [-0.1, -0.05) is 54.1 Å². The molecule has 5 heteroatoms. The van der Waals surface area contributed by atoms with Crippen molar-refractivity contribution in [1.29, 1.82) is 0 Å². The number of hydrogen-bond acceptors (Lipinski definition) is 3. The van der Waals surface area contributed by atoms with Crippen LogP contribution >= 0.6 is 11.6 Å². The molecule has 0 radical (unpaired) electrons. The van der Waals surface area contributed by atoms with E-state index in [0.29, 0.717) is 31.0 Å². The molecular formula is C23H28ClNO3. The van der Waals surface area contributed by atoms with Gasteiger partial charge in [0.25, 0.3) is 0 Å². The Morgan fingerprint density at radius 3 is 2.14 bits per heavy atom. The molecule has 0 atom stereocenters. The molecular weight excluding hydrogens is 374 g/mol. The average Bonchev–Trinajstić information content (AvgIpc) is 2.67. The van der Waals surface area contributed by atoms with Gasteiger partial charge in [0.1, 0.15) is 5.60 Å². The number of likely N-dealkylation sites (tertiary alicyclic amines) is 1. The molecule has 28 heavy (non-hydrogen) atoms. The van der Waals surface area contributed by atoms with E-state index in [2.05, 4.69) is 12.1 Å². The summed E-state index contributed by atoms with van der Waals surface area (Å²) in [6.45, 7) is 6.82. The van der Waals surface area contributed by atoms with Crippen molar-refractivity contribution in [2.24, 2.45) is 0 Å². The summed E-state index contributed by atoms with van der Waals surface area (Å²) in [6.07, 6.45) is 1.13. The number of amides is 1. The lowest BCUT2D eigenvalue weighted by atomic mass is 9.80. The number of hydrogen-bond donors (Lipinski definition) is 0. The second kappa shape index (κ2) is 8.14. The third-order valence-corrected chi connectivity index (χ3v) is 5.53. The number of benzene rings is 2. The molecule has 1 aliphatic heterocycles. The van der Waals surface area contributed by atoms with Crippen molar-refractivity contribution >= 4 is 17.7 Å². The number of halogens is 1. The Kier molecular flexibility index (Phi) is 6.01. The second-order valence-electron chi connectivity index (χ2n) is 8.19. The lowest BCUT2D eigenvalue weighted by Gasteiger charge is -2.42. The zero-order valence-electron chi connectivity index (χ0n) is 17.0. The van der Waals surface area contributed by atoms with E-state index in [1.54, 1.807) is 12.0 Å². The van der Waals surface area contributed by atoms with Gasteiger partial charge in [-0.3, -0.25) is 0 Å². The lowest BCUT2D eigenvalue weighted by molar-refractivity contribution is -0.0647. The zero-order valence-corrected chi connectivity index (χ0v) is 17.8. The molecule has 1 amide bonds. The molecule has 0 saturated carbocycles. The molecule has 0 aliphatic carbocycles. The predicted molar refractivity (Wildman–Crippen MR) is 113 cm³/mol. The van der Waals surface area contributed by atoms with Crippen LogP contribution in [0.5, 0.6) is 0 Å². The number of nitrogens with zero attached hydrogens (tertiary/aromatic N) is 1. The van der Waals surface area contributed by atoms with Crippen LogP contribution in [0.2, 0.25) is 5.02 Å². The highest BCUT2D eigenvalue weighted by atomic mass is 35.5. The molecule has 1 fully saturated rings. The molecule has 1 heterocycles. The molecule has 4 nitrogen and oxygen atoms in total. The predicted octanol–water partition coefficient (Wildman–Crippen LogP) is 5.88. The molecule has 150 valence electrons. The normalized spacial score (nSPS) is 16.7. The van der Waals surface area contributed by atoms with E-state index >= 15 is 0 Å². The molecule has 2 aromatic carbocycles. The number of carbonyl (C=O) groups excluding carboxylic acids is 1. The summed E-state index contributed by atoms with van der Waals surface area (Å²) in [5, 5.41) is 0.715. The van der Waals surface area contributed by atoms with Crippen molar-refractivity contribution in [2.45, 2.75) is 44.8 Å². The maximum Gasteiger partial charge on any atom is 0.410 e. The van der Waals surface area contributed by atoms with Crippen molar-refractivity contribution in [3.05, 3.63) is 59.1 Å². The van der Waals surface area contributed by atoms with E-state index in [4.69, 9.17) is 21.1 Å². The first kappa shape index (κ1) is 20.7. The lowest BCUT2D eigenvalue weighted by Crippen LogP contribution is -2.47. The minimum absolute atomic E-state index is 0.267. The Morgan fingerprint density at radius 2 is 1.57 bits per heavy atom. The van der Waals surface area contributed by atoms with Crippen molar-refractivity contribution < 1.29 is 14.3 Å². The van der Waals surface area contributed by atoms with Gasteiger partial charge in [0.2, 0.25) is 0 Å². The van der Waals surface area contributed by atoms with Gasteiger partial charge in [-0.2, -0.15) is 0 Å². The maximum atomic E-state index is 12.4. The van der Waals surface area contributed by atoms with Gasteiger partial charge in [0.15, 0.2) is 0 Å². The van der Waals surface area contributed by atoms with Crippen LogP contribution in [0.1, 0.15) is 39.2 Å². The number of rotatable bonds is 3. The van der Waals surface area contributed by atoms with E-state index in [9.17, 15) is 4.79 Å². The molecule has 0 spiro atoms. The van der Waals surface area contributed by atoms with Crippen molar-refractivity contribution in [3.8, 4) is 11.1 Å². The first-order valence-electron chi connectivity index (χ1n) is 9.63. The Morgan fingerprint density at radius 1 is 1.00 bits per heavy atom. The van der Waals surface area contributed by atoms with Crippen molar-refractivity contribution in [3.63, 3.8) is 0 Å². The van der Waals surface area contributed by atoms with Crippen LogP contribution in [0.3, 0.4) is 0 Å². The van der Waals surface area contributed by atoms with Gasteiger partial charge in [-0.05, 0) is 50.8 Å². The van der Waals surface area contributed by atoms with Gasteiger partial charge in [0, 0.05) is 30.8 Å². The average molecular weight is 402 g/mol. The summed E-state index contributed by atoms with van der Waals surface area (Å²) in [5.41, 5.74) is 2.21. The molecule has 0 N–H and O–H groups in total. The number of piperidine rings is 1. The Hall–Kier alpha value is -2.04. The van der Waals surface area contributed by atoms with Crippen LogP contribution in [0, 0.1) is 0 Å². The van der Waals surface area contributed by atoms with Crippen LogP contribution in [-0.2, 0) is 15.1 Å². The molecule has 3 rings (SSSR count). The maximum absolute atomic E-state index is 12.4. The van der Waals surface area contributed by atoms with Gasteiger partial charge in [-0.15, -0.1) is 0 Å². The van der Waals surface area contributed by atoms with Crippen LogP contribution in [0.4, 0.5) is 4.79 Å². The van der Waals surface area contributed by atoms with Gasteiger partial charge in [-0.25, -0.2) is 4.79 Å². The molecule has 0 bridgehead atoms. The third kappa shape index (κ3) is 4.34. The summed E-state index contributed by atoms with van der Waals surface area (Å²) < 4.78 is 11.6. The van der Waals surface area contributed by atoms with Gasteiger partial charge >= 0.3 is 6.09 Å². The molecule has 1 saturated heterocycles. The van der Waals surface area contributed by atoms with Crippen LogP contribution in [0.15, 0.2) is 48.5 Å². The Bertz CT molecular complexity index is 836. The minimum Gasteiger partial charge on any atom is -0.444 e. The largest absolute Gasteiger partial charge is 0.444 e. The fraction of sp³-hybridized carbons (Fsp3) is 0.435. The smallest absolute Gasteiger partial charge is 0.410 e. The second-order valence-corrected chi connectivity index (χ2v) is 8.60. The quantitative estimate of drug-likeness (QED) is 0.644. The Balaban J connectivity index is 1.88. The number of methoxy groups -OCH3 is 1. The van der Waals surface area contributed by atoms with Gasteiger partial charge < -0.3 is 14.4 Å². The molecule has 0 aromatic heterocycles. The monoisotopic (exact) mass is 401 g/mol. The van der Waals surface area contributed by atoms with E-state index in [1.165, 1.54) is 0 Å². The minimum atomic E-state index is -0.496. The summed E-state index contributed by atoms with van der Waals surface area (Å²) >= 11 is 6.47. The molecule has 2 aromatic rings. The SMILES string of the molecule is COC1(c2ccccc2-c2ccccc2Cl)CCN(C(=O)OC(C)(C)C)CC1. The summed E-state index contributed by atoms with van der Waals surface area (Å²) in [7, 11) is 1.74. The first-order chi connectivity index (χ1) is 13.3. The third-order valence-electron chi connectivity index (χ3n) is 5.20. The zero-order chi connectivity index (χ0) is 20.4. The van der Waals surface area contributed by atoms with Crippen LogP contribution in [-0.4, -0.2) is 36.8 Å². The number of ether oxygens (including phenoxy) is 2. The summed E-state index contributed by atoms with van der Waals surface area (Å²) in [6, 6.07) is 16.1. The Labute approximate surface area is 172 Å². The molecule has 0 unspecified atom stereocenters. The summed E-state index contributed by atoms with van der Waals surface area (Å²) in [4.78, 5) is 14.2. The van der Waals surface area contributed by atoms with Crippen LogP contribution in [0.25, 0.3) is 11.1 Å². The topological polar surface area (TPSA) is 38.8 Å². The fourth-order valence-electron chi connectivity index (χ4n) is 3.76. The van der Waals surface area contributed by atoms with Crippen molar-refractivity contribution in [2.75, 3.05) is 20.2 Å². The van der Waals surface area contributed by atoms with Gasteiger partial charge in [0.05, 0.1) is 5.60 Å². The highest BCUT2D eigenvalue weighted by Gasteiger charge is 2.40. The van der Waals surface area contributed by atoms with E-state index in [0.717, 1.165) is 16.7 Å². The first-order valence-corrected chi connectivity index (χ1v) is 10.0.